The molecule has 1 aromatic carbocycles. The molecule has 0 aliphatic carbocycles. The second-order valence-corrected chi connectivity index (χ2v) is 6.61. The van der Waals surface area contributed by atoms with E-state index in [-0.39, 0.29) is 23.8 Å². The van der Waals surface area contributed by atoms with Crippen molar-refractivity contribution >= 4 is 37.6 Å². The van der Waals surface area contributed by atoms with Gasteiger partial charge in [-0.3, -0.25) is 4.79 Å². The Kier molecular flexibility index (Phi) is 6.44. The summed E-state index contributed by atoms with van der Waals surface area (Å²) in [7, 11) is -3.61. The van der Waals surface area contributed by atoms with Gasteiger partial charge in [-0.05, 0) is 47.5 Å². The third-order valence-electron chi connectivity index (χ3n) is 2.43. The minimum atomic E-state index is -3.61. The van der Waals surface area contributed by atoms with Gasteiger partial charge >= 0.3 is 5.97 Å². The highest BCUT2D eigenvalue weighted by atomic mass is 79.9. The van der Waals surface area contributed by atoms with Gasteiger partial charge in [-0.1, -0.05) is 0 Å². The molecule has 0 bridgehead atoms. The molecule has 112 valence electrons. The van der Waals surface area contributed by atoms with Crippen molar-refractivity contribution < 1.29 is 17.9 Å². The highest BCUT2D eigenvalue weighted by Gasteiger charge is 2.14. The molecule has 8 heteroatoms. The van der Waals surface area contributed by atoms with Crippen LogP contribution in [0, 0.1) is 0 Å². The number of halogens is 1. The van der Waals surface area contributed by atoms with Crippen molar-refractivity contribution in [2.75, 3.05) is 18.9 Å². The minimum Gasteiger partial charge on any atom is -0.466 e. The van der Waals surface area contributed by atoms with Crippen molar-refractivity contribution in [2.45, 2.75) is 24.7 Å². The van der Waals surface area contributed by atoms with Crippen LogP contribution in [-0.4, -0.2) is 27.5 Å². The molecule has 0 spiro atoms. The highest BCUT2D eigenvalue weighted by molar-refractivity contribution is 9.10. The average Bonchev–Trinajstić information content (AvgIpc) is 2.38. The fourth-order valence-electron chi connectivity index (χ4n) is 1.44. The van der Waals surface area contributed by atoms with Gasteiger partial charge in [0.1, 0.15) is 0 Å². The van der Waals surface area contributed by atoms with E-state index in [2.05, 4.69) is 20.7 Å². The average molecular weight is 365 g/mol. The summed E-state index contributed by atoms with van der Waals surface area (Å²) in [6, 6.07) is 4.40. The number of carbonyl (C=O) groups is 1. The van der Waals surface area contributed by atoms with Crippen molar-refractivity contribution in [2.24, 2.45) is 0 Å². The van der Waals surface area contributed by atoms with Crippen LogP contribution in [-0.2, 0) is 19.6 Å². The zero-order valence-electron chi connectivity index (χ0n) is 11.1. The van der Waals surface area contributed by atoms with Crippen molar-refractivity contribution in [3.05, 3.63) is 22.7 Å². The molecule has 0 saturated carbocycles. The van der Waals surface area contributed by atoms with E-state index >= 15 is 0 Å². The molecule has 6 nitrogen and oxygen atoms in total. The largest absolute Gasteiger partial charge is 0.466 e. The lowest BCUT2D eigenvalue weighted by molar-refractivity contribution is -0.143. The van der Waals surface area contributed by atoms with Gasteiger partial charge in [-0.15, -0.1) is 0 Å². The number of benzene rings is 1. The molecule has 0 aromatic heterocycles. The molecule has 1 rings (SSSR count). The van der Waals surface area contributed by atoms with Crippen LogP contribution < -0.4 is 10.5 Å². The van der Waals surface area contributed by atoms with Gasteiger partial charge in [0, 0.05) is 23.1 Å². The van der Waals surface area contributed by atoms with Crippen LogP contribution in [0.1, 0.15) is 19.8 Å². The molecule has 0 aliphatic rings. The Morgan fingerprint density at radius 1 is 1.45 bits per heavy atom. The number of sulfonamides is 1. The molecule has 1 aromatic rings. The van der Waals surface area contributed by atoms with Crippen molar-refractivity contribution in [1.82, 2.24) is 4.72 Å². The standard InChI is InChI=1S/C12H17BrN2O4S/c1-2-19-12(16)4-3-7-15-20(17,18)9-5-6-10(13)11(14)8-9/h5-6,8,15H,2-4,7,14H2,1H3. The summed E-state index contributed by atoms with van der Waals surface area (Å²) in [6.07, 6.45) is 0.558. The molecule has 20 heavy (non-hydrogen) atoms. The third kappa shape index (κ3) is 5.10. The number of anilines is 1. The number of esters is 1. The zero-order valence-corrected chi connectivity index (χ0v) is 13.5. The van der Waals surface area contributed by atoms with Crippen LogP contribution in [0.25, 0.3) is 0 Å². The van der Waals surface area contributed by atoms with Gasteiger partial charge in [0.25, 0.3) is 0 Å². The predicted octanol–water partition coefficient (Wildman–Crippen LogP) is 1.65. The summed E-state index contributed by atoms with van der Waals surface area (Å²) in [5.41, 5.74) is 5.99. The summed E-state index contributed by atoms with van der Waals surface area (Å²) in [4.78, 5) is 11.2. The number of nitrogen functional groups attached to an aromatic ring is 1. The first-order valence-corrected chi connectivity index (χ1v) is 8.34. The molecular formula is C12H17BrN2O4S. The second-order valence-electron chi connectivity index (χ2n) is 3.99. The van der Waals surface area contributed by atoms with E-state index in [9.17, 15) is 13.2 Å². The Bertz CT molecular complexity index is 575. The van der Waals surface area contributed by atoms with Gasteiger partial charge < -0.3 is 10.5 Å². The first kappa shape index (κ1) is 16.9. The number of hydrogen-bond acceptors (Lipinski definition) is 5. The number of hydrogen-bond donors (Lipinski definition) is 2. The molecule has 0 heterocycles. The summed E-state index contributed by atoms with van der Waals surface area (Å²) in [6.45, 7) is 2.21. The van der Waals surface area contributed by atoms with Crippen molar-refractivity contribution in [3.8, 4) is 0 Å². The summed E-state index contributed by atoms with van der Waals surface area (Å²) in [5.74, 6) is -0.334. The fraction of sp³-hybridized carbons (Fsp3) is 0.417. The Morgan fingerprint density at radius 2 is 2.15 bits per heavy atom. The molecule has 0 saturated heterocycles. The Labute approximate surface area is 126 Å². The lowest BCUT2D eigenvalue weighted by atomic mass is 10.3. The molecule has 3 N–H and O–H groups in total. The Morgan fingerprint density at radius 3 is 2.75 bits per heavy atom. The summed E-state index contributed by atoms with van der Waals surface area (Å²) in [5, 5.41) is 0. The van der Waals surface area contributed by atoms with Gasteiger partial charge in [0.2, 0.25) is 10.0 Å². The van der Waals surface area contributed by atoms with Crippen molar-refractivity contribution in [3.63, 3.8) is 0 Å². The summed E-state index contributed by atoms with van der Waals surface area (Å²) < 4.78 is 31.7. The van der Waals surface area contributed by atoms with Crippen LogP contribution in [0.5, 0.6) is 0 Å². The Hall–Kier alpha value is -1.12. The quantitative estimate of drug-likeness (QED) is 0.435. The van der Waals surface area contributed by atoms with E-state index in [1.165, 1.54) is 12.1 Å². The SMILES string of the molecule is CCOC(=O)CCCNS(=O)(=O)c1ccc(Br)c(N)c1. The zero-order chi connectivity index (χ0) is 15.2. The molecule has 0 radical (unpaired) electrons. The minimum absolute atomic E-state index is 0.0920. The normalized spacial score (nSPS) is 11.3. The van der Waals surface area contributed by atoms with Crippen LogP contribution in [0.3, 0.4) is 0 Å². The van der Waals surface area contributed by atoms with E-state index in [1.807, 2.05) is 0 Å². The van der Waals surface area contributed by atoms with E-state index in [1.54, 1.807) is 13.0 Å². The number of ether oxygens (including phenoxy) is 1. The second kappa shape index (κ2) is 7.61. The van der Waals surface area contributed by atoms with E-state index in [0.29, 0.717) is 23.2 Å². The van der Waals surface area contributed by atoms with E-state index < -0.39 is 10.0 Å². The predicted molar refractivity (Wildman–Crippen MR) is 79.6 cm³/mol. The molecular weight excluding hydrogens is 348 g/mol. The van der Waals surface area contributed by atoms with Gasteiger partial charge in [0.15, 0.2) is 0 Å². The molecule has 0 amide bonds. The van der Waals surface area contributed by atoms with Crippen molar-refractivity contribution in [1.29, 1.82) is 0 Å². The fourth-order valence-corrected chi connectivity index (χ4v) is 2.80. The van der Waals surface area contributed by atoms with E-state index in [4.69, 9.17) is 10.5 Å². The maximum Gasteiger partial charge on any atom is 0.305 e. The maximum absolute atomic E-state index is 12.0. The highest BCUT2D eigenvalue weighted by Crippen LogP contribution is 2.22. The molecule has 0 fully saturated rings. The smallest absolute Gasteiger partial charge is 0.305 e. The van der Waals surface area contributed by atoms with Gasteiger partial charge in [0.05, 0.1) is 11.5 Å². The van der Waals surface area contributed by atoms with Crippen LogP contribution in [0.4, 0.5) is 5.69 Å². The van der Waals surface area contributed by atoms with Crippen LogP contribution in [0.2, 0.25) is 0 Å². The maximum atomic E-state index is 12.0. The van der Waals surface area contributed by atoms with Crippen LogP contribution in [0.15, 0.2) is 27.6 Å². The lowest BCUT2D eigenvalue weighted by Crippen LogP contribution is -2.25. The number of nitrogens with one attached hydrogen (secondary N) is 1. The lowest BCUT2D eigenvalue weighted by Gasteiger charge is -2.08. The molecule has 0 atom stereocenters. The van der Waals surface area contributed by atoms with Crippen LogP contribution >= 0.6 is 15.9 Å². The summed E-state index contributed by atoms with van der Waals surface area (Å²) >= 11 is 3.20. The number of rotatable bonds is 7. The van der Waals surface area contributed by atoms with E-state index in [0.717, 1.165) is 0 Å². The Balaban J connectivity index is 2.53. The molecule has 0 aliphatic heterocycles. The number of nitrogens with two attached hydrogens (primary N) is 1. The molecule has 0 unspecified atom stereocenters. The third-order valence-corrected chi connectivity index (χ3v) is 4.61. The number of carbonyl (C=O) groups excluding carboxylic acids is 1. The first-order valence-electron chi connectivity index (χ1n) is 6.07. The van der Waals surface area contributed by atoms with Gasteiger partial charge in [-0.2, -0.15) is 0 Å². The van der Waals surface area contributed by atoms with Gasteiger partial charge in [-0.25, -0.2) is 13.1 Å². The monoisotopic (exact) mass is 364 g/mol. The first-order chi connectivity index (χ1) is 9.36. The topological polar surface area (TPSA) is 98.5 Å².